The SMILES string of the molecule is COC(=O)[C@@H](C)N(C(=O)OC(C)(C)C)N1C(=O)c2ccccc2C1=O. The molecule has 0 saturated heterocycles. The third-order valence-electron chi connectivity index (χ3n) is 3.48. The minimum absolute atomic E-state index is 0.151. The predicted octanol–water partition coefficient (Wildman–Crippen LogP) is 2.00. The minimum Gasteiger partial charge on any atom is -0.467 e. The zero-order valence-electron chi connectivity index (χ0n) is 14.7. The topological polar surface area (TPSA) is 93.2 Å². The van der Waals surface area contributed by atoms with E-state index in [1.54, 1.807) is 32.9 Å². The van der Waals surface area contributed by atoms with Gasteiger partial charge in [0.05, 0.1) is 18.2 Å². The van der Waals surface area contributed by atoms with Crippen LogP contribution in [0, 0.1) is 0 Å². The number of carbonyl (C=O) groups excluding carboxylic acids is 4. The molecule has 1 aliphatic heterocycles. The van der Waals surface area contributed by atoms with Gasteiger partial charge in [0, 0.05) is 0 Å². The van der Waals surface area contributed by atoms with Crippen LogP contribution in [-0.4, -0.2) is 52.6 Å². The molecule has 1 aromatic rings. The summed E-state index contributed by atoms with van der Waals surface area (Å²) in [6.45, 7) is 6.25. The Morgan fingerprint density at radius 1 is 1.08 bits per heavy atom. The van der Waals surface area contributed by atoms with E-state index in [0.29, 0.717) is 10.0 Å². The van der Waals surface area contributed by atoms with Crippen molar-refractivity contribution in [2.24, 2.45) is 0 Å². The third-order valence-corrected chi connectivity index (χ3v) is 3.48. The highest BCUT2D eigenvalue weighted by Crippen LogP contribution is 2.27. The van der Waals surface area contributed by atoms with Gasteiger partial charge < -0.3 is 9.47 Å². The van der Waals surface area contributed by atoms with Crippen molar-refractivity contribution in [3.8, 4) is 0 Å². The van der Waals surface area contributed by atoms with Crippen molar-refractivity contribution in [2.45, 2.75) is 39.3 Å². The lowest BCUT2D eigenvalue weighted by Crippen LogP contribution is -2.57. The van der Waals surface area contributed by atoms with Crippen LogP contribution < -0.4 is 0 Å². The summed E-state index contributed by atoms with van der Waals surface area (Å²) < 4.78 is 9.90. The number of methoxy groups -OCH3 is 1. The van der Waals surface area contributed by atoms with Crippen LogP contribution in [0.25, 0.3) is 0 Å². The molecule has 1 atom stereocenters. The minimum atomic E-state index is -1.23. The highest BCUT2D eigenvalue weighted by Gasteiger charge is 2.46. The van der Waals surface area contributed by atoms with Gasteiger partial charge in [0.2, 0.25) is 0 Å². The van der Waals surface area contributed by atoms with E-state index < -0.39 is 35.5 Å². The normalized spacial score (nSPS) is 14.8. The number of nitrogens with zero attached hydrogens (tertiary/aromatic N) is 2. The molecule has 0 N–H and O–H groups in total. The van der Waals surface area contributed by atoms with Gasteiger partial charge in [-0.25, -0.2) is 9.59 Å². The van der Waals surface area contributed by atoms with E-state index in [1.807, 2.05) is 0 Å². The van der Waals surface area contributed by atoms with Crippen LogP contribution in [0.1, 0.15) is 48.4 Å². The molecule has 0 spiro atoms. The van der Waals surface area contributed by atoms with Crippen molar-refractivity contribution in [1.29, 1.82) is 0 Å². The number of esters is 1. The predicted molar refractivity (Wildman–Crippen MR) is 86.5 cm³/mol. The molecule has 1 aromatic carbocycles. The number of rotatable bonds is 3. The zero-order valence-corrected chi connectivity index (χ0v) is 14.7. The number of imide groups is 1. The molecule has 8 nitrogen and oxygen atoms in total. The van der Waals surface area contributed by atoms with Crippen LogP contribution in [0.3, 0.4) is 0 Å². The number of hydrazine groups is 1. The summed E-state index contributed by atoms with van der Waals surface area (Å²) >= 11 is 0. The van der Waals surface area contributed by atoms with Crippen molar-refractivity contribution in [2.75, 3.05) is 7.11 Å². The van der Waals surface area contributed by atoms with Crippen molar-refractivity contribution < 1.29 is 28.7 Å². The molecule has 0 aliphatic carbocycles. The summed E-state index contributed by atoms with van der Waals surface area (Å²) in [6, 6.07) is 4.93. The summed E-state index contributed by atoms with van der Waals surface area (Å²) in [5.74, 6) is -2.20. The molecule has 0 saturated carbocycles. The van der Waals surface area contributed by atoms with Gasteiger partial charge >= 0.3 is 12.1 Å². The standard InChI is InChI=1S/C17H20N2O6/c1-10(15(22)24-5)18(16(23)25-17(2,3)4)19-13(20)11-8-6-7-9-12(11)14(19)21/h6-10H,1-5H3/t10-/m1/s1. The molecule has 1 aliphatic rings. The van der Waals surface area contributed by atoms with Gasteiger partial charge in [-0.2, -0.15) is 10.0 Å². The maximum atomic E-state index is 12.6. The molecule has 25 heavy (non-hydrogen) atoms. The first-order chi connectivity index (χ1) is 11.6. The van der Waals surface area contributed by atoms with Crippen LogP contribution >= 0.6 is 0 Å². The highest BCUT2D eigenvalue weighted by atomic mass is 16.6. The van der Waals surface area contributed by atoms with Crippen molar-refractivity contribution >= 4 is 23.9 Å². The summed E-state index contributed by atoms with van der Waals surface area (Å²) in [6.07, 6.45) is -1.00. The van der Waals surface area contributed by atoms with Crippen LogP contribution in [0.4, 0.5) is 4.79 Å². The molecule has 1 heterocycles. The van der Waals surface area contributed by atoms with Gasteiger partial charge in [0.25, 0.3) is 11.8 Å². The maximum Gasteiger partial charge on any atom is 0.430 e. The van der Waals surface area contributed by atoms with Gasteiger partial charge in [-0.3, -0.25) is 9.59 Å². The summed E-state index contributed by atoms with van der Waals surface area (Å²) in [7, 11) is 1.15. The maximum absolute atomic E-state index is 12.6. The van der Waals surface area contributed by atoms with E-state index in [1.165, 1.54) is 19.1 Å². The van der Waals surface area contributed by atoms with Crippen LogP contribution in [-0.2, 0) is 14.3 Å². The highest BCUT2D eigenvalue weighted by molar-refractivity contribution is 6.21. The Bertz CT molecular complexity index is 702. The molecular formula is C17H20N2O6. The Balaban J connectivity index is 2.46. The van der Waals surface area contributed by atoms with Crippen LogP contribution in [0.15, 0.2) is 24.3 Å². The quantitative estimate of drug-likeness (QED) is 0.613. The average molecular weight is 348 g/mol. The first kappa shape index (κ1) is 18.4. The number of hydrogen-bond donors (Lipinski definition) is 0. The molecule has 0 fully saturated rings. The fourth-order valence-electron chi connectivity index (χ4n) is 2.36. The molecule has 8 heteroatoms. The number of benzene rings is 1. The Kier molecular flexibility index (Phi) is 4.82. The molecule has 134 valence electrons. The summed E-state index contributed by atoms with van der Waals surface area (Å²) in [5, 5.41) is 1.32. The zero-order chi connectivity index (χ0) is 18.9. The summed E-state index contributed by atoms with van der Waals surface area (Å²) in [4.78, 5) is 49.8. The Morgan fingerprint density at radius 3 is 1.96 bits per heavy atom. The third kappa shape index (κ3) is 3.47. The fourth-order valence-corrected chi connectivity index (χ4v) is 2.36. The van der Waals surface area contributed by atoms with Gasteiger partial charge in [-0.15, -0.1) is 0 Å². The summed E-state index contributed by atoms with van der Waals surface area (Å²) in [5.41, 5.74) is -0.583. The van der Waals surface area contributed by atoms with Crippen molar-refractivity contribution in [1.82, 2.24) is 10.0 Å². The second kappa shape index (κ2) is 6.54. The van der Waals surface area contributed by atoms with Gasteiger partial charge in [-0.05, 0) is 39.8 Å². The van der Waals surface area contributed by atoms with Crippen LogP contribution in [0.5, 0.6) is 0 Å². The van der Waals surface area contributed by atoms with E-state index in [2.05, 4.69) is 4.74 Å². The first-order valence-corrected chi connectivity index (χ1v) is 7.66. The Labute approximate surface area is 145 Å². The first-order valence-electron chi connectivity index (χ1n) is 7.66. The largest absolute Gasteiger partial charge is 0.467 e. The van der Waals surface area contributed by atoms with Gasteiger partial charge in [0.15, 0.2) is 6.04 Å². The molecule has 0 bridgehead atoms. The molecular weight excluding hydrogens is 328 g/mol. The molecule has 0 unspecified atom stereocenters. The number of ether oxygens (including phenoxy) is 2. The fraction of sp³-hybridized carbons (Fsp3) is 0.412. The second-order valence-electron chi connectivity index (χ2n) is 6.49. The lowest BCUT2D eigenvalue weighted by atomic mass is 10.1. The number of fused-ring (bicyclic) bond motifs is 1. The van der Waals surface area contributed by atoms with E-state index in [-0.39, 0.29) is 11.1 Å². The number of carbonyl (C=O) groups is 4. The Hall–Kier alpha value is -2.90. The lowest BCUT2D eigenvalue weighted by Gasteiger charge is -2.34. The number of hydrogen-bond acceptors (Lipinski definition) is 6. The lowest BCUT2D eigenvalue weighted by molar-refractivity contribution is -0.150. The van der Waals surface area contributed by atoms with Gasteiger partial charge in [-0.1, -0.05) is 12.1 Å². The van der Waals surface area contributed by atoms with Crippen LogP contribution in [0.2, 0.25) is 0 Å². The molecule has 2 rings (SSSR count). The van der Waals surface area contributed by atoms with E-state index in [9.17, 15) is 19.2 Å². The van der Waals surface area contributed by atoms with E-state index in [0.717, 1.165) is 7.11 Å². The van der Waals surface area contributed by atoms with Crippen molar-refractivity contribution in [3.63, 3.8) is 0 Å². The Morgan fingerprint density at radius 2 is 1.56 bits per heavy atom. The second-order valence-corrected chi connectivity index (χ2v) is 6.49. The average Bonchev–Trinajstić information content (AvgIpc) is 2.78. The number of amides is 3. The smallest absolute Gasteiger partial charge is 0.430 e. The van der Waals surface area contributed by atoms with E-state index in [4.69, 9.17) is 4.74 Å². The molecule has 0 aromatic heterocycles. The molecule has 3 amide bonds. The molecule has 0 radical (unpaired) electrons. The van der Waals surface area contributed by atoms with E-state index >= 15 is 0 Å². The monoisotopic (exact) mass is 348 g/mol. The van der Waals surface area contributed by atoms with Crippen molar-refractivity contribution in [3.05, 3.63) is 35.4 Å². The van der Waals surface area contributed by atoms with Gasteiger partial charge in [0.1, 0.15) is 5.60 Å².